The Morgan fingerprint density at radius 2 is 1.95 bits per heavy atom. The topological polar surface area (TPSA) is 47.0 Å². The average Bonchev–Trinajstić information content (AvgIpc) is 2.45. The van der Waals surface area contributed by atoms with Crippen LogP contribution in [-0.2, 0) is 11.3 Å². The first-order valence-corrected chi connectivity index (χ1v) is 6.79. The lowest BCUT2D eigenvalue weighted by Gasteiger charge is -2.10. The van der Waals surface area contributed by atoms with Crippen molar-refractivity contribution in [2.75, 3.05) is 18.5 Å². The van der Waals surface area contributed by atoms with E-state index in [0.717, 1.165) is 6.07 Å². The van der Waals surface area contributed by atoms with Crippen molar-refractivity contribution in [3.63, 3.8) is 0 Å². The standard InChI is InChI=1S/C15H17F2N3O/c1-3-18-14-8-13(19-15(20-14)9-21-4-2)11-6-5-10(16)7-12(11)17/h5-8H,3-4,9H2,1-2H3,(H,18,19,20). The molecule has 0 aliphatic carbocycles. The molecule has 1 aromatic carbocycles. The molecule has 0 unspecified atom stereocenters. The van der Waals surface area contributed by atoms with Gasteiger partial charge in [0, 0.05) is 30.8 Å². The highest BCUT2D eigenvalue weighted by atomic mass is 19.1. The van der Waals surface area contributed by atoms with Crippen LogP contribution in [0.4, 0.5) is 14.6 Å². The Morgan fingerprint density at radius 1 is 1.14 bits per heavy atom. The van der Waals surface area contributed by atoms with Gasteiger partial charge in [-0.1, -0.05) is 0 Å². The van der Waals surface area contributed by atoms with Gasteiger partial charge in [-0.3, -0.25) is 0 Å². The molecule has 1 aromatic heterocycles. The molecule has 0 amide bonds. The van der Waals surface area contributed by atoms with E-state index in [-0.39, 0.29) is 12.2 Å². The molecule has 0 spiro atoms. The van der Waals surface area contributed by atoms with E-state index in [1.807, 2.05) is 13.8 Å². The minimum atomic E-state index is -0.654. The van der Waals surface area contributed by atoms with Gasteiger partial charge in [0.25, 0.3) is 0 Å². The normalized spacial score (nSPS) is 10.7. The number of hydrogen-bond acceptors (Lipinski definition) is 4. The molecule has 6 heteroatoms. The number of anilines is 1. The van der Waals surface area contributed by atoms with Gasteiger partial charge in [-0.15, -0.1) is 0 Å². The average molecular weight is 293 g/mol. The van der Waals surface area contributed by atoms with Crippen LogP contribution in [0, 0.1) is 11.6 Å². The number of rotatable bonds is 6. The molecule has 0 fully saturated rings. The van der Waals surface area contributed by atoms with Gasteiger partial charge in [-0.05, 0) is 26.0 Å². The van der Waals surface area contributed by atoms with Gasteiger partial charge in [-0.2, -0.15) is 0 Å². The lowest BCUT2D eigenvalue weighted by molar-refractivity contribution is 0.128. The fourth-order valence-electron chi connectivity index (χ4n) is 1.86. The van der Waals surface area contributed by atoms with Crippen LogP contribution in [0.3, 0.4) is 0 Å². The van der Waals surface area contributed by atoms with Gasteiger partial charge in [-0.25, -0.2) is 18.7 Å². The number of nitrogens with one attached hydrogen (secondary N) is 1. The largest absolute Gasteiger partial charge is 0.374 e. The van der Waals surface area contributed by atoms with Crippen molar-refractivity contribution >= 4 is 5.82 Å². The van der Waals surface area contributed by atoms with Crippen molar-refractivity contribution in [2.45, 2.75) is 20.5 Å². The Kier molecular flexibility index (Phi) is 5.16. The number of aromatic nitrogens is 2. The third-order valence-corrected chi connectivity index (χ3v) is 2.77. The number of ether oxygens (including phenoxy) is 1. The molecule has 0 saturated heterocycles. The summed E-state index contributed by atoms with van der Waals surface area (Å²) in [6, 6.07) is 5.05. The van der Waals surface area contributed by atoms with E-state index >= 15 is 0 Å². The second-order valence-corrected chi connectivity index (χ2v) is 4.35. The van der Waals surface area contributed by atoms with Gasteiger partial charge in [0.2, 0.25) is 0 Å². The molecule has 112 valence electrons. The molecule has 0 aliphatic heterocycles. The zero-order valence-electron chi connectivity index (χ0n) is 12.0. The Labute approximate surface area is 122 Å². The first-order chi connectivity index (χ1) is 10.1. The van der Waals surface area contributed by atoms with Gasteiger partial charge in [0.05, 0.1) is 5.69 Å². The van der Waals surface area contributed by atoms with Crippen molar-refractivity contribution in [1.82, 2.24) is 9.97 Å². The van der Waals surface area contributed by atoms with Crippen LogP contribution < -0.4 is 5.32 Å². The van der Waals surface area contributed by atoms with Crippen molar-refractivity contribution < 1.29 is 13.5 Å². The summed E-state index contributed by atoms with van der Waals surface area (Å²) in [5, 5.41) is 3.06. The predicted octanol–water partition coefficient (Wildman–Crippen LogP) is 3.39. The van der Waals surface area contributed by atoms with Crippen LogP contribution in [0.5, 0.6) is 0 Å². The summed E-state index contributed by atoms with van der Waals surface area (Å²) >= 11 is 0. The van der Waals surface area contributed by atoms with Crippen LogP contribution in [0.2, 0.25) is 0 Å². The van der Waals surface area contributed by atoms with E-state index in [2.05, 4.69) is 15.3 Å². The summed E-state index contributed by atoms with van der Waals surface area (Å²) in [5.74, 6) is -0.236. The van der Waals surface area contributed by atoms with Gasteiger partial charge >= 0.3 is 0 Å². The quantitative estimate of drug-likeness (QED) is 0.887. The van der Waals surface area contributed by atoms with Crippen LogP contribution in [-0.4, -0.2) is 23.1 Å². The molecule has 4 nitrogen and oxygen atoms in total. The Bertz CT molecular complexity index is 620. The van der Waals surface area contributed by atoms with E-state index in [1.54, 1.807) is 6.07 Å². The van der Waals surface area contributed by atoms with E-state index in [4.69, 9.17) is 4.74 Å². The maximum Gasteiger partial charge on any atom is 0.157 e. The molecule has 0 radical (unpaired) electrons. The minimum Gasteiger partial charge on any atom is -0.374 e. The highest BCUT2D eigenvalue weighted by Crippen LogP contribution is 2.24. The molecule has 2 rings (SSSR count). The van der Waals surface area contributed by atoms with Crippen molar-refractivity contribution in [3.05, 3.63) is 41.7 Å². The number of hydrogen-bond donors (Lipinski definition) is 1. The maximum absolute atomic E-state index is 13.9. The van der Waals surface area contributed by atoms with E-state index < -0.39 is 11.6 Å². The molecule has 0 bridgehead atoms. The van der Waals surface area contributed by atoms with Gasteiger partial charge in [0.1, 0.15) is 24.1 Å². The second kappa shape index (κ2) is 7.08. The third-order valence-electron chi connectivity index (χ3n) is 2.77. The van der Waals surface area contributed by atoms with Crippen molar-refractivity contribution in [3.8, 4) is 11.3 Å². The van der Waals surface area contributed by atoms with Crippen molar-refractivity contribution in [2.24, 2.45) is 0 Å². The van der Waals surface area contributed by atoms with E-state index in [0.29, 0.717) is 30.5 Å². The number of halogens is 2. The SMILES string of the molecule is CCNc1cc(-c2ccc(F)cc2F)nc(COCC)n1. The summed E-state index contributed by atoms with van der Waals surface area (Å²) in [4.78, 5) is 8.56. The summed E-state index contributed by atoms with van der Waals surface area (Å²) in [6.45, 7) is 5.26. The lowest BCUT2D eigenvalue weighted by Crippen LogP contribution is -2.06. The van der Waals surface area contributed by atoms with Gasteiger partial charge in [0.15, 0.2) is 5.82 Å². The first-order valence-electron chi connectivity index (χ1n) is 6.79. The number of benzene rings is 1. The van der Waals surface area contributed by atoms with E-state index in [9.17, 15) is 8.78 Å². The Hall–Kier alpha value is -2.08. The monoisotopic (exact) mass is 293 g/mol. The smallest absolute Gasteiger partial charge is 0.157 e. The Morgan fingerprint density at radius 3 is 2.62 bits per heavy atom. The molecule has 1 N–H and O–H groups in total. The summed E-state index contributed by atoms with van der Waals surface area (Å²) in [5.41, 5.74) is 0.629. The van der Waals surface area contributed by atoms with Crippen molar-refractivity contribution in [1.29, 1.82) is 0 Å². The Balaban J connectivity index is 2.43. The fourth-order valence-corrected chi connectivity index (χ4v) is 1.86. The van der Waals surface area contributed by atoms with Crippen LogP contribution in [0.15, 0.2) is 24.3 Å². The minimum absolute atomic E-state index is 0.232. The first kappa shape index (κ1) is 15.3. The third kappa shape index (κ3) is 3.95. The molecule has 0 saturated carbocycles. The van der Waals surface area contributed by atoms with Crippen LogP contribution >= 0.6 is 0 Å². The number of nitrogens with zero attached hydrogens (tertiary/aromatic N) is 2. The van der Waals surface area contributed by atoms with E-state index in [1.165, 1.54) is 12.1 Å². The second-order valence-electron chi connectivity index (χ2n) is 4.35. The van der Waals surface area contributed by atoms with Crippen LogP contribution in [0.25, 0.3) is 11.3 Å². The molecule has 0 aliphatic rings. The maximum atomic E-state index is 13.9. The molecule has 2 aromatic rings. The molecule has 21 heavy (non-hydrogen) atoms. The van der Waals surface area contributed by atoms with Crippen LogP contribution in [0.1, 0.15) is 19.7 Å². The summed E-state index contributed by atoms with van der Waals surface area (Å²) < 4.78 is 32.2. The summed E-state index contributed by atoms with van der Waals surface area (Å²) in [7, 11) is 0. The lowest BCUT2D eigenvalue weighted by atomic mass is 10.1. The summed E-state index contributed by atoms with van der Waals surface area (Å²) in [6.07, 6.45) is 0. The zero-order chi connectivity index (χ0) is 15.2. The fraction of sp³-hybridized carbons (Fsp3) is 0.333. The highest BCUT2D eigenvalue weighted by Gasteiger charge is 2.11. The highest BCUT2D eigenvalue weighted by molar-refractivity contribution is 5.63. The zero-order valence-corrected chi connectivity index (χ0v) is 12.0. The molecule has 0 atom stereocenters. The predicted molar refractivity (Wildman–Crippen MR) is 76.9 cm³/mol. The van der Waals surface area contributed by atoms with Gasteiger partial charge < -0.3 is 10.1 Å². The molecular formula is C15H17F2N3O. The molecular weight excluding hydrogens is 276 g/mol. The molecule has 1 heterocycles.